The van der Waals surface area contributed by atoms with E-state index in [4.69, 9.17) is 0 Å². The van der Waals surface area contributed by atoms with Crippen LogP contribution < -0.4 is 0 Å². The predicted molar refractivity (Wildman–Crippen MR) is 134 cm³/mol. The van der Waals surface area contributed by atoms with Crippen LogP contribution in [0.25, 0.3) is 10.8 Å². The molecule has 0 bridgehead atoms. The highest BCUT2D eigenvalue weighted by molar-refractivity contribution is 7.80. The van der Waals surface area contributed by atoms with Gasteiger partial charge in [0.15, 0.2) is 0 Å². The zero-order valence-corrected chi connectivity index (χ0v) is 20.1. The minimum atomic E-state index is -0.276. The quantitative estimate of drug-likeness (QED) is 0.168. The van der Waals surface area contributed by atoms with Crippen molar-refractivity contribution < 1.29 is 9.59 Å². The highest BCUT2D eigenvalue weighted by atomic mass is 32.1. The molecule has 3 nitrogen and oxygen atoms in total. The van der Waals surface area contributed by atoms with E-state index in [9.17, 15) is 9.59 Å². The lowest BCUT2D eigenvalue weighted by Crippen LogP contribution is -2.40. The maximum atomic E-state index is 12.3. The summed E-state index contributed by atoms with van der Waals surface area (Å²) in [4.78, 5) is 26.7. The van der Waals surface area contributed by atoms with Crippen LogP contribution in [0.3, 0.4) is 0 Å². The Morgan fingerprint density at radius 2 is 1.32 bits per heavy atom. The SMILES string of the molecule is C=CCN1C(=O)c2cccc3c(S)ccc(c23)C1=O.CCCCCCCCCCCC. The van der Waals surface area contributed by atoms with Crippen molar-refractivity contribution in [2.75, 3.05) is 6.54 Å². The summed E-state index contributed by atoms with van der Waals surface area (Å²) in [5.74, 6) is -0.552. The van der Waals surface area contributed by atoms with Crippen molar-refractivity contribution in [3.05, 3.63) is 54.1 Å². The van der Waals surface area contributed by atoms with Crippen molar-refractivity contribution in [3.63, 3.8) is 0 Å². The Labute approximate surface area is 193 Å². The molecular formula is C27H37NO2S. The molecule has 168 valence electrons. The Bertz CT molecular complexity index is 858. The summed E-state index contributed by atoms with van der Waals surface area (Å²) in [6.45, 7) is 8.36. The van der Waals surface area contributed by atoms with E-state index in [0.717, 1.165) is 10.3 Å². The molecule has 0 fully saturated rings. The summed E-state index contributed by atoms with van der Waals surface area (Å²) in [5.41, 5.74) is 1.09. The second kappa shape index (κ2) is 13.4. The molecule has 0 saturated carbocycles. The predicted octanol–water partition coefficient (Wildman–Crippen LogP) is 7.84. The lowest BCUT2D eigenvalue weighted by atomic mass is 9.94. The zero-order valence-electron chi connectivity index (χ0n) is 19.2. The standard InChI is InChI=1S/C15H11NO2S.C12H26/c1-2-8-16-14(17)10-5-3-4-9-12(19)7-6-11(13(9)10)15(16)18;1-3-5-7-9-11-12-10-8-6-4-2/h2-7,19H,1,8H2;3-12H2,1-2H3. The van der Waals surface area contributed by atoms with Gasteiger partial charge in [-0.25, -0.2) is 0 Å². The number of rotatable bonds is 11. The number of hydrogen-bond acceptors (Lipinski definition) is 3. The average Bonchev–Trinajstić information content (AvgIpc) is 2.78. The van der Waals surface area contributed by atoms with Gasteiger partial charge in [0.25, 0.3) is 11.8 Å². The third-order valence-corrected chi connectivity index (χ3v) is 6.13. The van der Waals surface area contributed by atoms with Gasteiger partial charge in [-0.15, -0.1) is 19.2 Å². The van der Waals surface area contributed by atoms with Gasteiger partial charge < -0.3 is 0 Å². The largest absolute Gasteiger partial charge is 0.270 e. The molecule has 2 aromatic carbocycles. The Balaban J connectivity index is 0.000000248. The second-order valence-electron chi connectivity index (χ2n) is 8.20. The van der Waals surface area contributed by atoms with Crippen LogP contribution >= 0.6 is 12.6 Å². The van der Waals surface area contributed by atoms with Gasteiger partial charge in [0.1, 0.15) is 0 Å². The Morgan fingerprint density at radius 1 is 0.806 bits per heavy atom. The molecule has 2 amide bonds. The maximum absolute atomic E-state index is 12.3. The van der Waals surface area contributed by atoms with Crippen LogP contribution in [0.1, 0.15) is 98.8 Å². The van der Waals surface area contributed by atoms with Crippen LogP contribution in [0, 0.1) is 0 Å². The minimum absolute atomic E-state index is 0.218. The first-order chi connectivity index (χ1) is 15.1. The van der Waals surface area contributed by atoms with Gasteiger partial charge in [-0.05, 0) is 23.6 Å². The third-order valence-electron chi connectivity index (χ3n) is 5.74. The van der Waals surface area contributed by atoms with Gasteiger partial charge in [0.05, 0.1) is 0 Å². The molecule has 3 rings (SSSR count). The zero-order chi connectivity index (χ0) is 22.6. The highest BCUT2D eigenvalue weighted by Crippen LogP contribution is 2.33. The van der Waals surface area contributed by atoms with Crippen LogP contribution in [0.2, 0.25) is 0 Å². The molecule has 4 heteroatoms. The van der Waals surface area contributed by atoms with Crippen molar-refractivity contribution in [2.45, 2.75) is 83.0 Å². The van der Waals surface area contributed by atoms with Crippen LogP contribution in [0.15, 0.2) is 47.9 Å². The number of thiol groups is 1. The molecule has 1 aliphatic heterocycles. The van der Waals surface area contributed by atoms with Crippen molar-refractivity contribution in [1.29, 1.82) is 0 Å². The fourth-order valence-electron chi connectivity index (χ4n) is 3.99. The van der Waals surface area contributed by atoms with E-state index in [2.05, 4.69) is 33.1 Å². The number of imide groups is 1. The van der Waals surface area contributed by atoms with E-state index in [-0.39, 0.29) is 18.4 Å². The fourth-order valence-corrected chi connectivity index (χ4v) is 4.25. The molecule has 0 unspecified atom stereocenters. The molecular weight excluding hydrogens is 402 g/mol. The summed E-state index contributed by atoms with van der Waals surface area (Å²) in [5, 5.41) is 1.53. The van der Waals surface area contributed by atoms with E-state index in [0.29, 0.717) is 16.5 Å². The topological polar surface area (TPSA) is 37.4 Å². The Hall–Kier alpha value is -2.07. The van der Waals surface area contributed by atoms with Gasteiger partial charge in [0, 0.05) is 28.0 Å². The van der Waals surface area contributed by atoms with Crippen molar-refractivity contribution in [1.82, 2.24) is 4.90 Å². The van der Waals surface area contributed by atoms with Gasteiger partial charge in [0.2, 0.25) is 0 Å². The highest BCUT2D eigenvalue weighted by Gasteiger charge is 2.32. The summed E-state index contributed by atoms with van der Waals surface area (Å²) in [6.07, 6.45) is 16.0. The summed E-state index contributed by atoms with van der Waals surface area (Å²) >= 11 is 4.38. The van der Waals surface area contributed by atoms with Crippen LogP contribution in [-0.4, -0.2) is 23.3 Å². The monoisotopic (exact) mass is 439 g/mol. The average molecular weight is 440 g/mol. The Morgan fingerprint density at radius 3 is 1.84 bits per heavy atom. The first-order valence-electron chi connectivity index (χ1n) is 11.8. The molecule has 0 aromatic heterocycles. The molecule has 0 spiro atoms. The van der Waals surface area contributed by atoms with Gasteiger partial charge in [-0.3, -0.25) is 14.5 Å². The lowest BCUT2D eigenvalue weighted by Gasteiger charge is -2.26. The van der Waals surface area contributed by atoms with Crippen molar-refractivity contribution in [2.24, 2.45) is 0 Å². The number of carbonyl (C=O) groups excluding carboxylic acids is 2. The molecule has 0 N–H and O–H groups in total. The van der Waals surface area contributed by atoms with Gasteiger partial charge >= 0.3 is 0 Å². The Kier molecular flexibility index (Phi) is 10.9. The van der Waals surface area contributed by atoms with E-state index in [1.807, 2.05) is 6.07 Å². The van der Waals surface area contributed by atoms with E-state index >= 15 is 0 Å². The van der Waals surface area contributed by atoms with Crippen LogP contribution in [0.5, 0.6) is 0 Å². The summed E-state index contributed by atoms with van der Waals surface area (Å²) < 4.78 is 0. The van der Waals surface area contributed by atoms with Gasteiger partial charge in [-0.1, -0.05) is 96.3 Å². The molecule has 0 atom stereocenters. The third kappa shape index (κ3) is 6.70. The number of benzene rings is 2. The molecule has 0 saturated heterocycles. The second-order valence-corrected chi connectivity index (χ2v) is 8.68. The molecule has 2 aromatic rings. The van der Waals surface area contributed by atoms with Crippen LogP contribution in [-0.2, 0) is 0 Å². The summed E-state index contributed by atoms with van der Waals surface area (Å²) in [7, 11) is 0. The number of unbranched alkanes of at least 4 members (excludes halogenated alkanes) is 9. The maximum Gasteiger partial charge on any atom is 0.261 e. The van der Waals surface area contributed by atoms with E-state index in [1.165, 1.54) is 69.1 Å². The smallest absolute Gasteiger partial charge is 0.261 e. The molecule has 31 heavy (non-hydrogen) atoms. The number of nitrogens with zero attached hydrogens (tertiary/aromatic N) is 1. The molecule has 0 aliphatic carbocycles. The molecule has 0 radical (unpaired) electrons. The first kappa shape index (κ1) is 25.2. The number of amides is 2. The fraction of sp³-hybridized carbons (Fsp3) is 0.481. The normalized spacial score (nSPS) is 12.7. The first-order valence-corrected chi connectivity index (χ1v) is 12.2. The lowest BCUT2D eigenvalue weighted by molar-refractivity contribution is 0.0629. The van der Waals surface area contributed by atoms with Crippen LogP contribution in [0.4, 0.5) is 0 Å². The number of hydrogen-bond donors (Lipinski definition) is 1. The van der Waals surface area contributed by atoms with E-state index in [1.54, 1.807) is 30.3 Å². The van der Waals surface area contributed by atoms with Crippen molar-refractivity contribution >= 4 is 35.2 Å². The number of carbonyl (C=O) groups is 2. The minimum Gasteiger partial charge on any atom is -0.270 e. The van der Waals surface area contributed by atoms with Crippen molar-refractivity contribution in [3.8, 4) is 0 Å². The van der Waals surface area contributed by atoms with Gasteiger partial charge in [-0.2, -0.15) is 0 Å². The van der Waals surface area contributed by atoms with E-state index < -0.39 is 0 Å². The molecule has 1 heterocycles. The molecule has 1 aliphatic rings. The summed E-state index contributed by atoms with van der Waals surface area (Å²) in [6, 6.07) is 8.92.